The number of nitriles is 1. The zero-order valence-corrected chi connectivity index (χ0v) is 19.0. The zero-order chi connectivity index (χ0) is 22.9. The van der Waals surface area contributed by atoms with Gasteiger partial charge in [-0.2, -0.15) is 10.4 Å². The van der Waals surface area contributed by atoms with Crippen molar-refractivity contribution in [2.75, 3.05) is 11.9 Å². The van der Waals surface area contributed by atoms with Crippen molar-refractivity contribution < 1.29 is 24.5 Å². The number of hydrogen-bond donors (Lipinski definition) is 3. The molecule has 0 saturated carbocycles. The van der Waals surface area contributed by atoms with Crippen molar-refractivity contribution in [1.29, 1.82) is 5.26 Å². The summed E-state index contributed by atoms with van der Waals surface area (Å²) in [6.45, 7) is 2.12. The first-order valence-corrected chi connectivity index (χ1v) is 10.8. The predicted octanol–water partition coefficient (Wildman–Crippen LogP) is 0.744. The van der Waals surface area contributed by atoms with E-state index in [9.17, 15) is 20.3 Å². The first-order chi connectivity index (χ1) is 15.4. The molecule has 0 bridgehead atoms. The Bertz CT molecular complexity index is 1200. The lowest BCUT2D eigenvalue weighted by atomic mass is 9.93. The van der Waals surface area contributed by atoms with E-state index in [1.165, 1.54) is 17.0 Å². The number of nitrogens with one attached hydrogen (secondary N) is 1. The van der Waals surface area contributed by atoms with Crippen molar-refractivity contribution in [2.24, 2.45) is 0 Å². The largest absolute Gasteiger partial charge is 0.464 e. The summed E-state index contributed by atoms with van der Waals surface area (Å²) >= 11 is 2.23. The van der Waals surface area contributed by atoms with Crippen LogP contribution in [-0.2, 0) is 26.4 Å². The molecule has 32 heavy (non-hydrogen) atoms. The predicted molar refractivity (Wildman–Crippen MR) is 118 cm³/mol. The molecule has 3 heterocycles. The molecule has 0 spiro atoms. The van der Waals surface area contributed by atoms with Crippen molar-refractivity contribution in [1.82, 2.24) is 19.6 Å². The average Bonchev–Trinajstić information content (AvgIpc) is 3.33. The Morgan fingerprint density at radius 3 is 2.97 bits per heavy atom. The number of carbonyl (C=O) groups is 1. The molecule has 1 fully saturated rings. The van der Waals surface area contributed by atoms with Crippen molar-refractivity contribution in [3.05, 3.63) is 51.6 Å². The van der Waals surface area contributed by atoms with E-state index in [0.717, 1.165) is 9.13 Å². The summed E-state index contributed by atoms with van der Waals surface area (Å²) in [4.78, 5) is 20.7. The van der Waals surface area contributed by atoms with Gasteiger partial charge in [-0.1, -0.05) is 12.1 Å². The minimum atomic E-state index is -2.09. The van der Waals surface area contributed by atoms with Gasteiger partial charge in [0, 0.05) is 10.1 Å². The number of fused-ring (bicyclic) bond motifs is 1. The maximum Gasteiger partial charge on any atom is 0.338 e. The summed E-state index contributed by atoms with van der Waals surface area (Å²) in [6.07, 6.45) is -2.37. The SMILES string of the molecule is CCOC(=O)[C@H]1O[C@@](C#N)(c2cnc3c(NCc4cccc(I)c4)ncnn23)[C@H](O)[C@@H]1O. The first-order valence-electron chi connectivity index (χ1n) is 9.70. The topological polar surface area (TPSA) is 155 Å². The van der Waals surface area contributed by atoms with Gasteiger partial charge in [-0.3, -0.25) is 0 Å². The fraction of sp³-hybridized carbons (Fsp3) is 0.350. The van der Waals surface area contributed by atoms with Crippen LogP contribution in [0.25, 0.3) is 5.65 Å². The van der Waals surface area contributed by atoms with E-state index in [1.54, 1.807) is 6.92 Å². The van der Waals surface area contributed by atoms with Crippen LogP contribution >= 0.6 is 22.6 Å². The molecule has 166 valence electrons. The number of aliphatic hydroxyl groups excluding tert-OH is 2. The average molecular weight is 550 g/mol. The molecule has 2 aromatic heterocycles. The fourth-order valence-corrected chi connectivity index (χ4v) is 4.15. The Balaban J connectivity index is 1.68. The van der Waals surface area contributed by atoms with Gasteiger partial charge in [-0.15, -0.1) is 0 Å². The second-order valence-electron chi connectivity index (χ2n) is 7.04. The van der Waals surface area contributed by atoms with E-state index in [1.807, 2.05) is 30.3 Å². The van der Waals surface area contributed by atoms with E-state index in [0.29, 0.717) is 12.4 Å². The van der Waals surface area contributed by atoms with Gasteiger partial charge in [0.25, 0.3) is 0 Å². The number of hydrogen-bond acceptors (Lipinski definition) is 10. The van der Waals surface area contributed by atoms with Crippen LogP contribution in [-0.4, -0.2) is 60.7 Å². The van der Waals surface area contributed by atoms with Gasteiger partial charge in [0.05, 0.1) is 12.8 Å². The molecule has 0 radical (unpaired) electrons. The molecule has 3 N–H and O–H groups in total. The minimum Gasteiger partial charge on any atom is -0.464 e. The van der Waals surface area contributed by atoms with Gasteiger partial charge in [0.15, 0.2) is 17.6 Å². The molecule has 11 nitrogen and oxygen atoms in total. The van der Waals surface area contributed by atoms with E-state index in [4.69, 9.17) is 9.47 Å². The van der Waals surface area contributed by atoms with Crippen LogP contribution in [0.15, 0.2) is 36.8 Å². The molecule has 1 saturated heterocycles. The maximum atomic E-state index is 12.1. The maximum absolute atomic E-state index is 12.1. The van der Waals surface area contributed by atoms with Crippen LogP contribution in [0.3, 0.4) is 0 Å². The standard InChI is InChI=1S/C20H19IN6O5/c1-2-31-19(30)15-14(28)16(29)20(9-22,32-15)13-8-24-18-17(25-10-26-27(13)18)23-7-11-4-3-5-12(21)6-11/h3-6,8,10,14-16,28-29H,2,7H2,1H3,(H,23,25,26)/t14-,15+,16-,20+/m1/s1. The summed E-state index contributed by atoms with van der Waals surface area (Å²) in [5, 5.41) is 38.3. The third-order valence-corrected chi connectivity index (χ3v) is 5.75. The first kappa shape index (κ1) is 22.3. The number of anilines is 1. The molecule has 1 aliphatic rings. The molecule has 1 aromatic carbocycles. The Kier molecular flexibility index (Phi) is 6.24. The van der Waals surface area contributed by atoms with Crippen molar-refractivity contribution in [3.8, 4) is 6.07 Å². The Labute approximate surface area is 196 Å². The minimum absolute atomic E-state index is 0.0491. The van der Waals surface area contributed by atoms with Gasteiger partial charge in [-0.25, -0.2) is 19.3 Å². The van der Waals surface area contributed by atoms with Crippen molar-refractivity contribution in [3.63, 3.8) is 0 Å². The quantitative estimate of drug-likeness (QED) is 0.296. The normalized spacial score (nSPS) is 24.9. The number of nitrogens with zero attached hydrogens (tertiary/aromatic N) is 5. The number of rotatable bonds is 6. The number of aromatic nitrogens is 4. The molecular weight excluding hydrogens is 531 g/mol. The number of benzene rings is 1. The van der Waals surface area contributed by atoms with Gasteiger partial charge in [0.2, 0.25) is 5.60 Å². The third kappa shape index (κ3) is 3.77. The summed E-state index contributed by atoms with van der Waals surface area (Å²) < 4.78 is 12.9. The molecular formula is C20H19IN6O5. The second kappa shape index (κ2) is 8.94. The van der Waals surface area contributed by atoms with Crippen LogP contribution in [0.1, 0.15) is 18.2 Å². The van der Waals surface area contributed by atoms with E-state index in [2.05, 4.69) is 43.0 Å². The van der Waals surface area contributed by atoms with Gasteiger partial charge in [0.1, 0.15) is 30.3 Å². The summed E-state index contributed by atoms with van der Waals surface area (Å²) in [6, 6.07) is 9.80. The van der Waals surface area contributed by atoms with Crippen LogP contribution in [0.2, 0.25) is 0 Å². The Morgan fingerprint density at radius 1 is 1.44 bits per heavy atom. The number of carbonyl (C=O) groups excluding carboxylic acids is 1. The molecule has 3 aromatic rings. The Hall–Kier alpha value is -2.86. The highest BCUT2D eigenvalue weighted by atomic mass is 127. The van der Waals surface area contributed by atoms with Gasteiger partial charge >= 0.3 is 5.97 Å². The highest BCUT2D eigenvalue weighted by Crippen LogP contribution is 2.40. The third-order valence-electron chi connectivity index (χ3n) is 5.08. The molecule has 0 aliphatic carbocycles. The second-order valence-corrected chi connectivity index (χ2v) is 8.29. The molecule has 4 atom stereocenters. The molecule has 0 amide bonds. The highest BCUT2D eigenvalue weighted by Gasteiger charge is 2.60. The van der Waals surface area contributed by atoms with E-state index in [-0.39, 0.29) is 17.9 Å². The van der Waals surface area contributed by atoms with Crippen molar-refractivity contribution in [2.45, 2.75) is 37.4 Å². The number of ether oxygens (including phenoxy) is 2. The number of imidazole rings is 1. The van der Waals surface area contributed by atoms with Crippen LogP contribution < -0.4 is 5.32 Å². The zero-order valence-electron chi connectivity index (χ0n) is 16.8. The van der Waals surface area contributed by atoms with E-state index >= 15 is 0 Å². The highest BCUT2D eigenvalue weighted by molar-refractivity contribution is 14.1. The van der Waals surface area contributed by atoms with Crippen LogP contribution in [0.4, 0.5) is 5.82 Å². The van der Waals surface area contributed by atoms with Gasteiger partial charge in [-0.05, 0) is 47.2 Å². The lowest BCUT2D eigenvalue weighted by molar-refractivity contribution is -0.162. The summed E-state index contributed by atoms with van der Waals surface area (Å²) in [5.41, 5.74) is -0.721. The smallest absolute Gasteiger partial charge is 0.338 e. The number of aliphatic hydroxyl groups is 2. The fourth-order valence-electron chi connectivity index (χ4n) is 3.55. The van der Waals surface area contributed by atoms with Gasteiger partial charge < -0.3 is 25.0 Å². The summed E-state index contributed by atoms with van der Waals surface area (Å²) in [5.74, 6) is -0.479. The van der Waals surface area contributed by atoms with Crippen molar-refractivity contribution >= 4 is 40.0 Å². The van der Waals surface area contributed by atoms with Crippen LogP contribution in [0, 0.1) is 14.9 Å². The summed E-state index contributed by atoms with van der Waals surface area (Å²) in [7, 11) is 0. The molecule has 12 heteroatoms. The number of esters is 1. The molecule has 1 aliphatic heterocycles. The lowest BCUT2D eigenvalue weighted by Crippen LogP contribution is -2.41. The monoisotopic (exact) mass is 550 g/mol. The molecule has 4 rings (SSSR count). The lowest BCUT2D eigenvalue weighted by Gasteiger charge is -2.23. The van der Waals surface area contributed by atoms with E-state index < -0.39 is 29.9 Å². The number of halogens is 1. The Morgan fingerprint density at radius 2 is 2.25 bits per heavy atom. The van der Waals surface area contributed by atoms with Crippen LogP contribution in [0.5, 0.6) is 0 Å². The molecule has 0 unspecified atom stereocenters.